The number of hydrogen-bond acceptors (Lipinski definition) is 11. The lowest BCUT2D eigenvalue weighted by Crippen LogP contribution is -2.56. The number of benzene rings is 1. The Morgan fingerprint density at radius 1 is 1.21 bits per heavy atom. The number of alkyl halides is 1. The van der Waals surface area contributed by atoms with Gasteiger partial charge in [0.1, 0.15) is 30.9 Å². The van der Waals surface area contributed by atoms with Crippen LogP contribution in [0.3, 0.4) is 0 Å². The summed E-state index contributed by atoms with van der Waals surface area (Å²) in [7, 11) is 0. The Morgan fingerprint density at radius 2 is 2.05 bits per heavy atom. The zero-order valence-corrected chi connectivity index (χ0v) is 23.8. The number of piperidine rings is 1. The van der Waals surface area contributed by atoms with Crippen LogP contribution < -0.4 is 10.1 Å². The maximum atomic E-state index is 14.7. The molecule has 2 aromatic rings. The van der Waals surface area contributed by atoms with E-state index in [4.69, 9.17) is 14.6 Å². The molecule has 226 valence electrons. The normalized spacial score (nSPS) is 24.6. The molecule has 0 bridgehead atoms. The maximum Gasteiger partial charge on any atom is 0.248 e. The standard InChI is InChI=1S/C30H35FN8O4/c31-25-15-39(28(41)16-40)8-7-27(25)43-26-6-1-20(13-21(26)14-32)29-33-19-34-30(36-29)35-22-2-4-23(5-3-22)37-9-11-38(12-10-37)24-17-42-18-24/h1-2,4-6,13,19,22,24-25,27,40H,3,7-12,15-18H2,(H,33,34,35,36)/t22-,25+,27-/m0/s1. The number of nitrogens with one attached hydrogen (secondary N) is 1. The quantitative estimate of drug-likeness (QED) is 0.461. The molecular weight excluding hydrogens is 555 g/mol. The first-order chi connectivity index (χ1) is 21.0. The number of allylic oxidation sites excluding steroid dienone is 1. The van der Waals surface area contributed by atoms with Crippen molar-refractivity contribution in [3.8, 4) is 23.2 Å². The number of ether oxygens (including phenoxy) is 2. The van der Waals surface area contributed by atoms with Gasteiger partial charge in [-0.25, -0.2) is 14.4 Å². The fraction of sp³-hybridized carbons (Fsp3) is 0.500. The highest BCUT2D eigenvalue weighted by Crippen LogP contribution is 2.28. The fourth-order valence-corrected chi connectivity index (χ4v) is 5.77. The number of nitrogens with zero attached hydrogens (tertiary/aromatic N) is 7. The van der Waals surface area contributed by atoms with Crippen LogP contribution in [0, 0.1) is 11.3 Å². The molecule has 3 fully saturated rings. The SMILES string of the molecule is N#Cc1cc(-c2ncnc(N[C@H]3C=CC(N4CCN(C5COC5)CC4)=CC3)n2)ccc1O[C@H]1CCN(C(=O)CO)C[C@H]1F. The van der Waals surface area contributed by atoms with Crippen LogP contribution in [-0.2, 0) is 9.53 Å². The number of amides is 1. The molecule has 1 aromatic heterocycles. The number of likely N-dealkylation sites (tertiary alicyclic amines) is 1. The Kier molecular flexibility index (Phi) is 8.78. The van der Waals surface area contributed by atoms with Gasteiger partial charge in [0.25, 0.3) is 0 Å². The summed E-state index contributed by atoms with van der Waals surface area (Å²) in [5.74, 6) is 0.558. The van der Waals surface area contributed by atoms with Crippen molar-refractivity contribution in [3.63, 3.8) is 0 Å². The largest absolute Gasteiger partial charge is 0.486 e. The van der Waals surface area contributed by atoms with Crippen molar-refractivity contribution in [2.24, 2.45) is 0 Å². The van der Waals surface area contributed by atoms with E-state index >= 15 is 0 Å². The lowest BCUT2D eigenvalue weighted by molar-refractivity contribution is -0.138. The van der Waals surface area contributed by atoms with Crippen molar-refractivity contribution in [2.75, 3.05) is 64.4 Å². The number of aliphatic hydroxyl groups is 1. The van der Waals surface area contributed by atoms with Gasteiger partial charge in [-0.3, -0.25) is 9.69 Å². The molecule has 0 spiro atoms. The molecule has 1 aromatic carbocycles. The first kappa shape index (κ1) is 29.0. The summed E-state index contributed by atoms with van der Waals surface area (Å²) in [5.41, 5.74) is 2.07. The van der Waals surface area contributed by atoms with Gasteiger partial charge in [-0.1, -0.05) is 12.2 Å². The molecule has 3 saturated heterocycles. The lowest BCUT2D eigenvalue weighted by atomic mass is 10.0. The Balaban J connectivity index is 1.05. The number of piperazine rings is 1. The van der Waals surface area contributed by atoms with Gasteiger partial charge in [0.2, 0.25) is 11.9 Å². The highest BCUT2D eigenvalue weighted by molar-refractivity contribution is 5.77. The minimum atomic E-state index is -1.44. The Labute approximate surface area is 249 Å². The third-order valence-electron chi connectivity index (χ3n) is 8.39. The Bertz CT molecular complexity index is 1420. The molecule has 2 N–H and O–H groups in total. The summed E-state index contributed by atoms with van der Waals surface area (Å²) in [6, 6.07) is 7.67. The second kappa shape index (κ2) is 13.0. The Morgan fingerprint density at radius 3 is 2.72 bits per heavy atom. The van der Waals surface area contributed by atoms with Crippen LogP contribution in [-0.4, -0.2) is 124 Å². The molecule has 0 saturated carbocycles. The van der Waals surface area contributed by atoms with Gasteiger partial charge in [0, 0.05) is 50.4 Å². The monoisotopic (exact) mass is 590 g/mol. The maximum absolute atomic E-state index is 14.7. The molecule has 0 radical (unpaired) electrons. The molecular formula is C30H35FN8O4. The summed E-state index contributed by atoms with van der Waals surface area (Å²) in [5, 5.41) is 22.2. The van der Waals surface area contributed by atoms with E-state index in [9.17, 15) is 14.4 Å². The minimum Gasteiger partial charge on any atom is -0.486 e. The molecule has 43 heavy (non-hydrogen) atoms. The van der Waals surface area contributed by atoms with Gasteiger partial charge in [0.05, 0.1) is 37.4 Å². The van der Waals surface area contributed by atoms with E-state index in [0.29, 0.717) is 23.4 Å². The van der Waals surface area contributed by atoms with Crippen LogP contribution in [0.2, 0.25) is 0 Å². The molecule has 3 aliphatic heterocycles. The number of carbonyl (C=O) groups is 1. The highest BCUT2D eigenvalue weighted by Gasteiger charge is 2.33. The number of hydrogen-bond donors (Lipinski definition) is 2. The first-order valence-electron chi connectivity index (χ1n) is 14.7. The number of aliphatic hydroxyl groups excluding tert-OH is 1. The topological polar surface area (TPSA) is 140 Å². The van der Waals surface area contributed by atoms with Crippen LogP contribution in [0.15, 0.2) is 48.5 Å². The third kappa shape index (κ3) is 6.61. The predicted molar refractivity (Wildman–Crippen MR) is 155 cm³/mol. The molecule has 4 aliphatic rings. The van der Waals surface area contributed by atoms with Crippen molar-refractivity contribution < 1.29 is 23.8 Å². The highest BCUT2D eigenvalue weighted by atomic mass is 19.1. The van der Waals surface area contributed by atoms with Crippen molar-refractivity contribution in [2.45, 2.75) is 37.2 Å². The minimum absolute atomic E-state index is 0.0330. The number of anilines is 1. The smallest absolute Gasteiger partial charge is 0.248 e. The number of halogens is 1. The molecule has 12 nitrogen and oxygen atoms in total. The second-order valence-electron chi connectivity index (χ2n) is 11.1. The van der Waals surface area contributed by atoms with E-state index < -0.39 is 24.8 Å². The number of rotatable bonds is 8. The van der Waals surface area contributed by atoms with Crippen molar-refractivity contribution in [3.05, 3.63) is 54.0 Å². The summed E-state index contributed by atoms with van der Waals surface area (Å²) in [4.78, 5) is 31.1. The van der Waals surface area contributed by atoms with Crippen LogP contribution in [0.25, 0.3) is 11.4 Å². The van der Waals surface area contributed by atoms with Crippen molar-refractivity contribution in [1.82, 2.24) is 29.7 Å². The van der Waals surface area contributed by atoms with E-state index in [1.165, 1.54) is 16.9 Å². The van der Waals surface area contributed by atoms with Crippen LogP contribution in [0.5, 0.6) is 5.75 Å². The Hall–Kier alpha value is -4.12. The van der Waals surface area contributed by atoms with E-state index in [1.807, 2.05) is 0 Å². The fourth-order valence-electron chi connectivity index (χ4n) is 5.77. The van der Waals surface area contributed by atoms with Gasteiger partial charge >= 0.3 is 0 Å². The zero-order valence-electron chi connectivity index (χ0n) is 23.8. The first-order valence-corrected chi connectivity index (χ1v) is 14.7. The van der Waals surface area contributed by atoms with Crippen LogP contribution in [0.4, 0.5) is 10.3 Å². The van der Waals surface area contributed by atoms with Crippen molar-refractivity contribution in [1.29, 1.82) is 5.26 Å². The molecule has 0 unspecified atom stereocenters. The number of aromatic nitrogens is 3. The summed E-state index contributed by atoms with van der Waals surface area (Å²) >= 11 is 0. The predicted octanol–water partition coefficient (Wildman–Crippen LogP) is 1.36. The molecule has 13 heteroatoms. The molecule has 4 heterocycles. The van der Waals surface area contributed by atoms with Gasteiger partial charge in [0.15, 0.2) is 12.0 Å². The van der Waals surface area contributed by atoms with Crippen LogP contribution >= 0.6 is 0 Å². The van der Waals surface area contributed by atoms with Crippen molar-refractivity contribution >= 4 is 11.9 Å². The average Bonchev–Trinajstić information content (AvgIpc) is 3.02. The molecule has 1 aliphatic carbocycles. The third-order valence-corrected chi connectivity index (χ3v) is 8.39. The van der Waals surface area contributed by atoms with Gasteiger partial charge in [-0.15, -0.1) is 0 Å². The van der Waals surface area contributed by atoms with E-state index in [-0.39, 0.29) is 36.9 Å². The average molecular weight is 591 g/mol. The number of nitriles is 1. The summed E-state index contributed by atoms with van der Waals surface area (Å²) in [6.45, 7) is 5.29. The molecule has 6 rings (SSSR count). The van der Waals surface area contributed by atoms with Crippen LogP contribution in [0.1, 0.15) is 18.4 Å². The lowest BCUT2D eigenvalue weighted by Gasteiger charge is -2.43. The van der Waals surface area contributed by atoms with E-state index in [0.717, 1.165) is 45.8 Å². The molecule has 3 atom stereocenters. The van der Waals surface area contributed by atoms with Gasteiger partial charge in [-0.05, 0) is 30.7 Å². The second-order valence-corrected chi connectivity index (χ2v) is 11.1. The zero-order chi connectivity index (χ0) is 29.8. The van der Waals surface area contributed by atoms with Gasteiger partial charge in [-0.2, -0.15) is 10.2 Å². The number of carbonyl (C=O) groups excluding carboxylic acids is 1. The molecule has 1 amide bonds. The van der Waals surface area contributed by atoms with E-state index in [2.05, 4.69) is 54.4 Å². The summed E-state index contributed by atoms with van der Waals surface area (Å²) < 4.78 is 25.9. The van der Waals surface area contributed by atoms with E-state index in [1.54, 1.807) is 18.2 Å². The summed E-state index contributed by atoms with van der Waals surface area (Å²) in [6.07, 6.45) is 6.77. The van der Waals surface area contributed by atoms with Gasteiger partial charge < -0.3 is 29.7 Å².